The minimum atomic E-state index is -1.50. The zero-order valence-corrected chi connectivity index (χ0v) is 15.3. The summed E-state index contributed by atoms with van der Waals surface area (Å²) in [6.45, 7) is -0.516. The van der Waals surface area contributed by atoms with E-state index >= 15 is 0 Å². The minimum absolute atomic E-state index is 0.397. The third kappa shape index (κ3) is 2.93. The van der Waals surface area contributed by atoms with E-state index < -0.39 is 37.3 Å². The van der Waals surface area contributed by atoms with Crippen LogP contribution >= 0.6 is 0 Å². The molecule has 1 aliphatic rings. The normalized spacial score (nSPS) is 27.7. The Bertz CT molecular complexity index is 1190. The van der Waals surface area contributed by atoms with E-state index in [4.69, 9.17) is 14.5 Å². The first kappa shape index (κ1) is 18.3. The molecule has 0 aliphatic carbocycles. The largest absolute Gasteiger partial charge is 0.460 e. The van der Waals surface area contributed by atoms with E-state index in [1.807, 2.05) is 36.4 Å². The van der Waals surface area contributed by atoms with Crippen molar-refractivity contribution >= 4 is 32.8 Å². The van der Waals surface area contributed by atoms with Gasteiger partial charge in [0, 0.05) is 10.8 Å². The van der Waals surface area contributed by atoms with Gasteiger partial charge in [-0.15, -0.1) is 0 Å². The number of hydrogen-bond donors (Lipinski definition) is 5. The lowest BCUT2D eigenvalue weighted by Crippen LogP contribution is -2.60. The van der Waals surface area contributed by atoms with Gasteiger partial charge >= 0.3 is 0 Å². The van der Waals surface area contributed by atoms with Crippen LogP contribution in [-0.4, -0.2) is 67.7 Å². The summed E-state index contributed by atoms with van der Waals surface area (Å²) in [4.78, 5) is 8.04. The molecule has 2 aromatic heterocycles. The predicted molar refractivity (Wildman–Crippen MR) is 106 cm³/mol. The molecule has 5 atom stereocenters. The number of aromatic amines is 1. The van der Waals surface area contributed by atoms with Gasteiger partial charge in [-0.1, -0.05) is 30.3 Å². The van der Waals surface area contributed by atoms with Gasteiger partial charge in [-0.25, -0.2) is 4.98 Å². The fourth-order valence-electron chi connectivity index (χ4n) is 3.80. The zero-order chi connectivity index (χ0) is 20.1. The Morgan fingerprint density at radius 1 is 1.00 bits per heavy atom. The Hall–Kier alpha value is -2.75. The van der Waals surface area contributed by atoms with Gasteiger partial charge in [0.05, 0.1) is 28.7 Å². The number of nitrogens with one attached hydrogen (secondary N) is 1. The molecule has 0 saturated carbocycles. The molecule has 5 rings (SSSR count). The molecule has 2 aromatic carbocycles. The molecule has 1 fully saturated rings. The summed E-state index contributed by atoms with van der Waals surface area (Å²) >= 11 is 0. The molecule has 1 saturated heterocycles. The van der Waals surface area contributed by atoms with E-state index in [9.17, 15) is 20.4 Å². The Morgan fingerprint density at radius 3 is 2.66 bits per heavy atom. The second kappa shape index (κ2) is 6.94. The molecule has 4 aromatic rings. The van der Waals surface area contributed by atoms with Crippen LogP contribution in [0.2, 0.25) is 0 Å². The van der Waals surface area contributed by atoms with Gasteiger partial charge in [0.15, 0.2) is 0 Å². The summed E-state index contributed by atoms with van der Waals surface area (Å²) in [5.74, 6) is 0.397. The lowest BCUT2D eigenvalue weighted by atomic mass is 9.99. The van der Waals surface area contributed by atoms with Crippen molar-refractivity contribution in [3.8, 4) is 5.75 Å². The first-order chi connectivity index (χ1) is 14.1. The molecule has 3 heterocycles. The number of aliphatic hydroxyl groups excluding tert-OH is 4. The van der Waals surface area contributed by atoms with Gasteiger partial charge in [0.1, 0.15) is 30.2 Å². The molecule has 5 N–H and O–H groups in total. The van der Waals surface area contributed by atoms with E-state index in [0.29, 0.717) is 11.3 Å². The van der Waals surface area contributed by atoms with E-state index in [-0.39, 0.29) is 0 Å². The predicted octanol–water partition coefficient (Wildman–Crippen LogP) is 1.05. The smallest absolute Gasteiger partial charge is 0.229 e. The number of hydrogen-bond acceptors (Lipinski definition) is 7. The van der Waals surface area contributed by atoms with Crippen molar-refractivity contribution in [2.45, 2.75) is 30.7 Å². The second-order valence-corrected chi connectivity index (χ2v) is 7.20. The molecule has 8 nitrogen and oxygen atoms in total. The van der Waals surface area contributed by atoms with E-state index in [0.717, 1.165) is 27.3 Å². The molecule has 1 aliphatic heterocycles. The number of ether oxygens (including phenoxy) is 2. The maximum absolute atomic E-state index is 10.3. The van der Waals surface area contributed by atoms with Gasteiger partial charge in [0.25, 0.3) is 0 Å². The average Bonchev–Trinajstić information content (AvgIpc) is 3.11. The van der Waals surface area contributed by atoms with Crippen LogP contribution in [0.1, 0.15) is 0 Å². The standard InChI is InChI=1S/C21H20N2O6/c24-9-15-18(25)19(26)20(27)21(29-15)28-14-7-3-5-11-16-13(23-17(11)14)8-10-4-1-2-6-12(10)22-16/h1-8,15,18-21,23-27H,9H2/t15-,18-,19+,20-,21-/m1/s1. The number of pyridine rings is 1. The van der Waals surface area contributed by atoms with Crippen LogP contribution in [0.4, 0.5) is 0 Å². The summed E-state index contributed by atoms with van der Waals surface area (Å²) in [7, 11) is 0. The number of para-hydroxylation sites is 2. The molecule has 0 amide bonds. The SMILES string of the molecule is OC[C@H]1O[C@@H](Oc2cccc3c2[nH]c2cc4ccccc4nc23)[C@H](O)[C@@H](O)[C@@H]1O. The number of H-pyrrole nitrogens is 1. The maximum atomic E-state index is 10.3. The molecular formula is C21H20N2O6. The van der Waals surface area contributed by atoms with Gasteiger partial charge in [-0.2, -0.15) is 0 Å². The molecule has 150 valence electrons. The van der Waals surface area contributed by atoms with Crippen molar-refractivity contribution in [2.24, 2.45) is 0 Å². The average molecular weight is 396 g/mol. The van der Waals surface area contributed by atoms with Crippen molar-refractivity contribution in [2.75, 3.05) is 6.61 Å². The van der Waals surface area contributed by atoms with Gasteiger partial charge < -0.3 is 34.9 Å². The van der Waals surface area contributed by atoms with Crippen molar-refractivity contribution < 1.29 is 29.9 Å². The summed E-state index contributed by atoms with van der Waals surface area (Å²) in [6.07, 6.45) is -6.70. The first-order valence-corrected chi connectivity index (χ1v) is 9.34. The van der Waals surface area contributed by atoms with Crippen LogP contribution in [0.25, 0.3) is 32.8 Å². The van der Waals surface area contributed by atoms with Crippen molar-refractivity contribution in [3.63, 3.8) is 0 Å². The topological polar surface area (TPSA) is 128 Å². The quantitative estimate of drug-likeness (QED) is 0.350. The van der Waals surface area contributed by atoms with Crippen molar-refractivity contribution in [1.29, 1.82) is 0 Å². The summed E-state index contributed by atoms with van der Waals surface area (Å²) in [6, 6.07) is 15.2. The lowest BCUT2D eigenvalue weighted by molar-refractivity contribution is -0.277. The Labute approximate surface area is 164 Å². The van der Waals surface area contributed by atoms with Crippen LogP contribution in [0.15, 0.2) is 48.5 Å². The second-order valence-electron chi connectivity index (χ2n) is 7.20. The number of rotatable bonds is 3. The van der Waals surface area contributed by atoms with E-state index in [2.05, 4.69) is 4.98 Å². The Kier molecular flexibility index (Phi) is 4.38. The third-order valence-electron chi connectivity index (χ3n) is 5.36. The molecule has 0 bridgehead atoms. The summed E-state index contributed by atoms with van der Waals surface area (Å²) in [5.41, 5.74) is 3.17. The fraction of sp³-hybridized carbons (Fsp3) is 0.286. The Balaban J connectivity index is 1.57. The first-order valence-electron chi connectivity index (χ1n) is 9.34. The number of fused-ring (bicyclic) bond motifs is 4. The van der Waals surface area contributed by atoms with Crippen molar-refractivity contribution in [3.05, 3.63) is 48.5 Å². The minimum Gasteiger partial charge on any atom is -0.460 e. The van der Waals surface area contributed by atoms with Crippen LogP contribution in [0.3, 0.4) is 0 Å². The Morgan fingerprint density at radius 2 is 1.83 bits per heavy atom. The highest BCUT2D eigenvalue weighted by atomic mass is 16.7. The third-order valence-corrected chi connectivity index (χ3v) is 5.36. The lowest BCUT2D eigenvalue weighted by Gasteiger charge is -2.39. The van der Waals surface area contributed by atoms with Crippen LogP contribution < -0.4 is 4.74 Å². The highest BCUT2D eigenvalue weighted by molar-refractivity contribution is 6.09. The molecular weight excluding hydrogens is 376 g/mol. The highest BCUT2D eigenvalue weighted by Crippen LogP contribution is 2.34. The number of benzene rings is 2. The summed E-state index contributed by atoms with van der Waals surface area (Å²) in [5, 5.41) is 41.4. The molecule has 0 radical (unpaired) electrons. The highest BCUT2D eigenvalue weighted by Gasteiger charge is 2.44. The fourth-order valence-corrected chi connectivity index (χ4v) is 3.80. The van der Waals surface area contributed by atoms with Crippen LogP contribution in [0.5, 0.6) is 5.75 Å². The van der Waals surface area contributed by atoms with Crippen LogP contribution in [0, 0.1) is 0 Å². The number of aliphatic hydroxyl groups is 4. The summed E-state index contributed by atoms with van der Waals surface area (Å²) < 4.78 is 11.3. The van der Waals surface area contributed by atoms with Crippen molar-refractivity contribution in [1.82, 2.24) is 9.97 Å². The zero-order valence-electron chi connectivity index (χ0n) is 15.3. The monoisotopic (exact) mass is 396 g/mol. The number of nitrogens with zero attached hydrogens (tertiary/aromatic N) is 1. The van der Waals surface area contributed by atoms with Crippen LogP contribution in [-0.2, 0) is 4.74 Å². The number of aromatic nitrogens is 2. The molecule has 0 spiro atoms. The molecule has 0 unspecified atom stereocenters. The van der Waals surface area contributed by atoms with E-state index in [1.54, 1.807) is 12.1 Å². The van der Waals surface area contributed by atoms with Gasteiger partial charge in [-0.05, 0) is 18.2 Å². The maximum Gasteiger partial charge on any atom is 0.229 e. The van der Waals surface area contributed by atoms with Gasteiger partial charge in [0.2, 0.25) is 6.29 Å². The van der Waals surface area contributed by atoms with E-state index in [1.165, 1.54) is 0 Å². The molecule has 29 heavy (non-hydrogen) atoms. The van der Waals surface area contributed by atoms with Gasteiger partial charge in [-0.3, -0.25) is 0 Å². The molecule has 8 heteroatoms.